The Labute approximate surface area is 109 Å². The average Bonchev–Trinajstić information content (AvgIpc) is 2.31. The van der Waals surface area contributed by atoms with E-state index in [0.29, 0.717) is 17.7 Å². The summed E-state index contributed by atoms with van der Waals surface area (Å²) in [5, 5.41) is 9.39. The van der Waals surface area contributed by atoms with Gasteiger partial charge in [-0.25, -0.2) is 13.1 Å². The molecule has 0 heterocycles. The Morgan fingerprint density at radius 2 is 2.00 bits per heavy atom. The van der Waals surface area contributed by atoms with E-state index in [0.717, 1.165) is 11.1 Å². The summed E-state index contributed by atoms with van der Waals surface area (Å²) in [5.41, 5.74) is 1.64. The van der Waals surface area contributed by atoms with Gasteiger partial charge in [0.1, 0.15) is 0 Å². The van der Waals surface area contributed by atoms with E-state index in [1.807, 2.05) is 19.9 Å². The van der Waals surface area contributed by atoms with Gasteiger partial charge in [-0.15, -0.1) is 0 Å². The number of benzene rings is 1. The van der Waals surface area contributed by atoms with Crippen LogP contribution in [0.25, 0.3) is 0 Å². The zero-order valence-electron chi connectivity index (χ0n) is 11.1. The molecule has 1 unspecified atom stereocenters. The second-order valence-corrected chi connectivity index (χ2v) is 6.25. The molecule has 102 valence electrons. The van der Waals surface area contributed by atoms with Crippen molar-refractivity contribution < 1.29 is 13.5 Å². The van der Waals surface area contributed by atoms with Gasteiger partial charge in [-0.05, 0) is 43.9 Å². The van der Waals surface area contributed by atoms with Crippen molar-refractivity contribution in [1.29, 1.82) is 0 Å². The van der Waals surface area contributed by atoms with Gasteiger partial charge in [0.15, 0.2) is 0 Å². The molecule has 0 saturated heterocycles. The van der Waals surface area contributed by atoms with E-state index < -0.39 is 16.1 Å². The van der Waals surface area contributed by atoms with Crippen LogP contribution in [0.1, 0.15) is 30.9 Å². The van der Waals surface area contributed by atoms with Gasteiger partial charge in [-0.3, -0.25) is 0 Å². The van der Waals surface area contributed by atoms with Crippen molar-refractivity contribution in [3.8, 4) is 0 Å². The van der Waals surface area contributed by atoms with Crippen LogP contribution in [0.3, 0.4) is 0 Å². The SMILES string of the molecule is CCC(O)CCNS(=O)(=O)c1cc(C)ccc1C. The van der Waals surface area contributed by atoms with Gasteiger partial charge in [-0.1, -0.05) is 19.1 Å². The lowest BCUT2D eigenvalue weighted by Crippen LogP contribution is -2.27. The monoisotopic (exact) mass is 271 g/mol. The molecule has 18 heavy (non-hydrogen) atoms. The molecular weight excluding hydrogens is 250 g/mol. The van der Waals surface area contributed by atoms with E-state index in [2.05, 4.69) is 4.72 Å². The Hall–Kier alpha value is -0.910. The molecule has 0 aliphatic heterocycles. The molecule has 0 saturated carbocycles. The van der Waals surface area contributed by atoms with Gasteiger partial charge in [0.25, 0.3) is 0 Å². The summed E-state index contributed by atoms with van der Waals surface area (Å²) in [6.45, 7) is 5.75. The van der Waals surface area contributed by atoms with E-state index in [-0.39, 0.29) is 6.54 Å². The highest BCUT2D eigenvalue weighted by molar-refractivity contribution is 7.89. The second kappa shape index (κ2) is 6.31. The van der Waals surface area contributed by atoms with Crippen LogP contribution in [0.5, 0.6) is 0 Å². The minimum atomic E-state index is -3.48. The van der Waals surface area contributed by atoms with Crippen LogP contribution in [0.4, 0.5) is 0 Å². The Bertz CT molecular complexity index is 497. The molecule has 0 aliphatic carbocycles. The first-order valence-corrected chi connectivity index (χ1v) is 7.60. The van der Waals surface area contributed by atoms with Gasteiger partial charge in [0.05, 0.1) is 11.0 Å². The summed E-state index contributed by atoms with van der Waals surface area (Å²) in [5.74, 6) is 0. The molecule has 0 aromatic heterocycles. The number of sulfonamides is 1. The van der Waals surface area contributed by atoms with Crippen LogP contribution in [0.15, 0.2) is 23.1 Å². The maximum absolute atomic E-state index is 12.1. The highest BCUT2D eigenvalue weighted by Crippen LogP contribution is 2.16. The van der Waals surface area contributed by atoms with Crippen molar-refractivity contribution in [2.24, 2.45) is 0 Å². The zero-order valence-corrected chi connectivity index (χ0v) is 11.9. The van der Waals surface area contributed by atoms with Crippen LogP contribution in [0, 0.1) is 13.8 Å². The van der Waals surface area contributed by atoms with E-state index in [4.69, 9.17) is 0 Å². The number of nitrogens with one attached hydrogen (secondary N) is 1. The fourth-order valence-electron chi connectivity index (χ4n) is 1.64. The molecule has 0 amide bonds. The number of aliphatic hydroxyl groups excluding tert-OH is 1. The molecule has 0 spiro atoms. The van der Waals surface area contributed by atoms with Crippen LogP contribution in [0.2, 0.25) is 0 Å². The Kier molecular flexibility index (Phi) is 5.31. The predicted molar refractivity (Wildman–Crippen MR) is 72.0 cm³/mol. The smallest absolute Gasteiger partial charge is 0.240 e. The molecule has 0 fully saturated rings. The van der Waals surface area contributed by atoms with Gasteiger partial charge in [-0.2, -0.15) is 0 Å². The quantitative estimate of drug-likeness (QED) is 0.828. The fourth-order valence-corrected chi connectivity index (χ4v) is 3.01. The highest BCUT2D eigenvalue weighted by atomic mass is 32.2. The van der Waals surface area contributed by atoms with E-state index in [1.165, 1.54) is 0 Å². The first-order chi connectivity index (χ1) is 8.36. The summed E-state index contributed by atoms with van der Waals surface area (Å²) in [4.78, 5) is 0.313. The van der Waals surface area contributed by atoms with E-state index >= 15 is 0 Å². The molecule has 2 N–H and O–H groups in total. The third-order valence-electron chi connectivity index (χ3n) is 2.87. The molecule has 0 bridgehead atoms. The van der Waals surface area contributed by atoms with Crippen molar-refractivity contribution in [2.75, 3.05) is 6.54 Å². The average molecular weight is 271 g/mol. The summed E-state index contributed by atoms with van der Waals surface area (Å²) >= 11 is 0. The van der Waals surface area contributed by atoms with Gasteiger partial charge in [0, 0.05) is 6.54 Å². The minimum Gasteiger partial charge on any atom is -0.393 e. The molecule has 0 aliphatic rings. The van der Waals surface area contributed by atoms with Crippen molar-refractivity contribution in [3.63, 3.8) is 0 Å². The van der Waals surface area contributed by atoms with Gasteiger partial charge < -0.3 is 5.11 Å². The lowest BCUT2D eigenvalue weighted by Gasteiger charge is -2.11. The first-order valence-electron chi connectivity index (χ1n) is 6.11. The molecule has 4 nitrogen and oxygen atoms in total. The third-order valence-corrected chi connectivity index (χ3v) is 4.48. The van der Waals surface area contributed by atoms with Gasteiger partial charge >= 0.3 is 0 Å². The maximum Gasteiger partial charge on any atom is 0.240 e. The summed E-state index contributed by atoms with van der Waals surface area (Å²) < 4.78 is 26.7. The molecule has 1 rings (SSSR count). The molecule has 1 atom stereocenters. The Balaban J connectivity index is 2.77. The number of rotatable bonds is 6. The standard InChI is InChI=1S/C13H21NO3S/c1-4-12(15)7-8-14-18(16,17)13-9-10(2)5-6-11(13)3/h5-6,9,12,14-15H,4,7-8H2,1-3H3. The summed E-state index contributed by atoms with van der Waals surface area (Å²) in [7, 11) is -3.48. The second-order valence-electron chi connectivity index (χ2n) is 4.52. The van der Waals surface area contributed by atoms with Crippen molar-refractivity contribution in [2.45, 2.75) is 44.6 Å². The number of hydrogen-bond acceptors (Lipinski definition) is 3. The lowest BCUT2D eigenvalue weighted by atomic mass is 10.2. The maximum atomic E-state index is 12.1. The van der Waals surface area contributed by atoms with Crippen LogP contribution in [-0.4, -0.2) is 26.2 Å². The Morgan fingerprint density at radius 3 is 2.61 bits per heavy atom. The van der Waals surface area contributed by atoms with E-state index in [9.17, 15) is 13.5 Å². The summed E-state index contributed by atoms with van der Waals surface area (Å²) in [6.07, 6.45) is 0.609. The minimum absolute atomic E-state index is 0.255. The number of aliphatic hydroxyl groups is 1. The van der Waals surface area contributed by atoms with Crippen molar-refractivity contribution in [3.05, 3.63) is 29.3 Å². The van der Waals surface area contributed by atoms with Gasteiger partial charge in [0.2, 0.25) is 10.0 Å². The molecule has 5 heteroatoms. The topological polar surface area (TPSA) is 66.4 Å². The summed E-state index contributed by atoms with van der Waals surface area (Å²) in [6, 6.07) is 5.34. The molecule has 0 radical (unpaired) electrons. The normalized spacial score (nSPS) is 13.6. The Morgan fingerprint density at radius 1 is 1.33 bits per heavy atom. The number of aryl methyl sites for hydroxylation is 2. The molecular formula is C13H21NO3S. The molecule has 1 aromatic carbocycles. The van der Waals surface area contributed by atoms with Crippen LogP contribution in [-0.2, 0) is 10.0 Å². The first kappa shape index (κ1) is 15.1. The highest BCUT2D eigenvalue weighted by Gasteiger charge is 2.16. The largest absolute Gasteiger partial charge is 0.393 e. The van der Waals surface area contributed by atoms with Crippen molar-refractivity contribution >= 4 is 10.0 Å². The molecule has 1 aromatic rings. The fraction of sp³-hybridized carbons (Fsp3) is 0.538. The predicted octanol–water partition coefficient (Wildman–Crippen LogP) is 1.74. The van der Waals surface area contributed by atoms with Crippen molar-refractivity contribution in [1.82, 2.24) is 4.72 Å². The lowest BCUT2D eigenvalue weighted by molar-refractivity contribution is 0.162. The number of hydrogen-bond donors (Lipinski definition) is 2. The zero-order chi connectivity index (χ0) is 13.8. The third kappa shape index (κ3) is 4.08. The van der Waals surface area contributed by atoms with Crippen LogP contribution >= 0.6 is 0 Å². The van der Waals surface area contributed by atoms with E-state index in [1.54, 1.807) is 19.1 Å². The van der Waals surface area contributed by atoms with Crippen LogP contribution < -0.4 is 4.72 Å².